The van der Waals surface area contributed by atoms with Crippen molar-refractivity contribution in [1.82, 2.24) is 0 Å². The number of allylic oxidation sites excluding steroid dienone is 1. The number of unbranched alkanes of at least 4 members (excludes halogenated alkanes) is 1. The van der Waals surface area contributed by atoms with Gasteiger partial charge in [0.2, 0.25) is 0 Å². The molecular weight excluding hydrogens is 280 g/mol. The van der Waals surface area contributed by atoms with Crippen molar-refractivity contribution in [2.24, 2.45) is 0 Å². The molecule has 0 saturated carbocycles. The maximum Gasteiger partial charge on any atom is 0.292 e. The molecule has 17 heavy (non-hydrogen) atoms. The van der Waals surface area contributed by atoms with Crippen LogP contribution in [0.4, 0.5) is 0 Å². The second kappa shape index (κ2) is 6.54. The SMILES string of the molecule is C=C(Cc1ccc(Cl)s1)S(=O)(=O)OCCCC. The molecule has 0 saturated heterocycles. The first kappa shape index (κ1) is 14.7. The normalized spacial score (nSPS) is 11.6. The highest BCUT2D eigenvalue weighted by molar-refractivity contribution is 7.90. The van der Waals surface area contributed by atoms with E-state index in [1.54, 1.807) is 12.1 Å². The third kappa shape index (κ3) is 4.79. The van der Waals surface area contributed by atoms with Crippen molar-refractivity contribution < 1.29 is 12.6 Å². The molecule has 0 amide bonds. The second-order valence-corrected chi connectivity index (χ2v) is 7.07. The first-order chi connectivity index (χ1) is 7.95. The van der Waals surface area contributed by atoms with Gasteiger partial charge in [-0.3, -0.25) is 4.18 Å². The molecule has 1 aromatic heterocycles. The molecule has 0 N–H and O–H groups in total. The van der Waals surface area contributed by atoms with Crippen molar-refractivity contribution in [1.29, 1.82) is 0 Å². The largest absolute Gasteiger partial charge is 0.292 e. The van der Waals surface area contributed by atoms with Gasteiger partial charge in [0.05, 0.1) is 15.8 Å². The number of halogens is 1. The van der Waals surface area contributed by atoms with Crippen molar-refractivity contribution in [3.63, 3.8) is 0 Å². The zero-order valence-electron chi connectivity index (χ0n) is 9.61. The molecule has 1 rings (SSSR count). The van der Waals surface area contributed by atoms with Gasteiger partial charge in [-0.25, -0.2) is 0 Å². The van der Waals surface area contributed by atoms with Gasteiger partial charge < -0.3 is 0 Å². The molecule has 0 spiro atoms. The van der Waals surface area contributed by atoms with Gasteiger partial charge in [0, 0.05) is 11.3 Å². The fraction of sp³-hybridized carbons (Fsp3) is 0.455. The van der Waals surface area contributed by atoms with E-state index < -0.39 is 10.1 Å². The van der Waals surface area contributed by atoms with Crippen molar-refractivity contribution in [3.8, 4) is 0 Å². The van der Waals surface area contributed by atoms with Crippen LogP contribution in [0.1, 0.15) is 24.6 Å². The lowest BCUT2D eigenvalue weighted by Crippen LogP contribution is -2.10. The Labute approximate surface area is 111 Å². The average Bonchev–Trinajstić information content (AvgIpc) is 2.64. The van der Waals surface area contributed by atoms with Crippen LogP contribution in [0, 0.1) is 0 Å². The molecule has 0 atom stereocenters. The summed E-state index contributed by atoms with van der Waals surface area (Å²) in [6.07, 6.45) is 1.87. The molecule has 0 aliphatic heterocycles. The van der Waals surface area contributed by atoms with Crippen LogP contribution in [-0.2, 0) is 20.7 Å². The fourth-order valence-corrected chi connectivity index (χ4v) is 3.18. The number of hydrogen-bond acceptors (Lipinski definition) is 4. The molecular formula is C11H15ClO3S2. The Bertz CT molecular complexity index is 477. The lowest BCUT2D eigenvalue weighted by Gasteiger charge is -2.06. The highest BCUT2D eigenvalue weighted by Crippen LogP contribution is 2.25. The average molecular weight is 295 g/mol. The highest BCUT2D eigenvalue weighted by atomic mass is 35.5. The number of hydrogen-bond donors (Lipinski definition) is 0. The molecule has 0 aromatic carbocycles. The van der Waals surface area contributed by atoms with Crippen molar-refractivity contribution in [2.75, 3.05) is 6.61 Å². The van der Waals surface area contributed by atoms with Crippen LogP contribution in [0.5, 0.6) is 0 Å². The quantitative estimate of drug-likeness (QED) is 0.570. The predicted octanol–water partition coefficient (Wildman–Crippen LogP) is 3.60. The van der Waals surface area contributed by atoms with E-state index in [9.17, 15) is 8.42 Å². The van der Waals surface area contributed by atoms with Crippen LogP contribution >= 0.6 is 22.9 Å². The monoisotopic (exact) mass is 294 g/mol. The molecule has 6 heteroatoms. The summed E-state index contributed by atoms with van der Waals surface area (Å²) in [6.45, 7) is 5.74. The van der Waals surface area contributed by atoms with Gasteiger partial charge in [-0.15, -0.1) is 11.3 Å². The summed E-state index contributed by atoms with van der Waals surface area (Å²) < 4.78 is 28.8. The molecule has 0 radical (unpaired) electrons. The highest BCUT2D eigenvalue weighted by Gasteiger charge is 2.17. The van der Waals surface area contributed by atoms with Gasteiger partial charge in [-0.05, 0) is 18.6 Å². The molecule has 1 aromatic rings. The minimum absolute atomic E-state index is 0.0760. The van der Waals surface area contributed by atoms with Gasteiger partial charge in [-0.2, -0.15) is 8.42 Å². The van der Waals surface area contributed by atoms with Gasteiger partial charge in [-0.1, -0.05) is 31.5 Å². The Hall–Kier alpha value is -0.360. The van der Waals surface area contributed by atoms with E-state index in [1.807, 2.05) is 6.92 Å². The Morgan fingerprint density at radius 2 is 2.24 bits per heavy atom. The fourth-order valence-electron chi connectivity index (χ4n) is 1.13. The summed E-state index contributed by atoms with van der Waals surface area (Å²) in [6, 6.07) is 3.53. The van der Waals surface area contributed by atoms with Crippen LogP contribution in [0.3, 0.4) is 0 Å². The summed E-state index contributed by atoms with van der Waals surface area (Å²) in [5.74, 6) is 0. The van der Waals surface area contributed by atoms with Gasteiger partial charge in [0.25, 0.3) is 10.1 Å². The van der Waals surface area contributed by atoms with Gasteiger partial charge in [0.15, 0.2) is 0 Å². The first-order valence-corrected chi connectivity index (χ1v) is 7.87. The minimum atomic E-state index is -3.65. The molecule has 0 aliphatic rings. The van der Waals surface area contributed by atoms with E-state index in [-0.39, 0.29) is 17.9 Å². The van der Waals surface area contributed by atoms with Gasteiger partial charge >= 0.3 is 0 Å². The van der Waals surface area contributed by atoms with E-state index in [0.29, 0.717) is 4.34 Å². The van der Waals surface area contributed by atoms with Crippen LogP contribution in [0.15, 0.2) is 23.6 Å². The second-order valence-electron chi connectivity index (χ2n) is 3.55. The lowest BCUT2D eigenvalue weighted by atomic mass is 10.3. The number of thiophene rings is 1. The maximum absolute atomic E-state index is 11.7. The van der Waals surface area contributed by atoms with E-state index in [4.69, 9.17) is 15.8 Å². The molecule has 0 fully saturated rings. The lowest BCUT2D eigenvalue weighted by molar-refractivity contribution is 0.314. The number of rotatable bonds is 7. The first-order valence-electron chi connectivity index (χ1n) is 5.27. The molecule has 0 unspecified atom stereocenters. The molecule has 96 valence electrons. The van der Waals surface area contributed by atoms with E-state index in [1.165, 1.54) is 11.3 Å². The van der Waals surface area contributed by atoms with E-state index in [2.05, 4.69) is 6.58 Å². The smallest absolute Gasteiger partial charge is 0.267 e. The minimum Gasteiger partial charge on any atom is -0.267 e. The summed E-state index contributed by atoms with van der Waals surface area (Å²) in [4.78, 5) is 0.940. The molecule has 0 bridgehead atoms. The summed E-state index contributed by atoms with van der Waals surface area (Å²) in [5, 5.41) is 0. The molecule has 0 aliphatic carbocycles. The van der Waals surface area contributed by atoms with Crippen molar-refractivity contribution in [3.05, 3.63) is 32.8 Å². The standard InChI is InChI=1S/C11H15ClO3S2/c1-3-4-7-15-17(13,14)9(2)8-10-5-6-11(12)16-10/h5-6H,2-4,7-8H2,1H3. The predicted molar refractivity (Wildman–Crippen MR) is 72.0 cm³/mol. The third-order valence-electron chi connectivity index (χ3n) is 2.09. The van der Waals surface area contributed by atoms with Crippen LogP contribution in [-0.4, -0.2) is 15.0 Å². The summed E-state index contributed by atoms with van der Waals surface area (Å²) in [7, 11) is -3.65. The Balaban J connectivity index is 2.57. The Kier molecular flexibility index (Phi) is 5.66. The zero-order valence-corrected chi connectivity index (χ0v) is 12.0. The topological polar surface area (TPSA) is 43.4 Å². The molecule has 1 heterocycles. The summed E-state index contributed by atoms with van der Waals surface area (Å²) in [5.41, 5.74) is 0. The van der Waals surface area contributed by atoms with Crippen molar-refractivity contribution in [2.45, 2.75) is 26.2 Å². The molecule has 3 nitrogen and oxygen atoms in total. The van der Waals surface area contributed by atoms with Crippen LogP contribution in [0.25, 0.3) is 0 Å². The maximum atomic E-state index is 11.7. The van der Waals surface area contributed by atoms with E-state index >= 15 is 0 Å². The van der Waals surface area contributed by atoms with Crippen LogP contribution in [0.2, 0.25) is 4.34 Å². The van der Waals surface area contributed by atoms with Crippen molar-refractivity contribution >= 4 is 33.1 Å². The van der Waals surface area contributed by atoms with Gasteiger partial charge in [0.1, 0.15) is 0 Å². The van der Waals surface area contributed by atoms with Crippen LogP contribution < -0.4 is 0 Å². The Morgan fingerprint density at radius 1 is 1.53 bits per heavy atom. The summed E-state index contributed by atoms with van der Waals surface area (Å²) >= 11 is 7.11. The van der Waals surface area contributed by atoms with E-state index in [0.717, 1.165) is 17.7 Å². The Morgan fingerprint density at radius 3 is 2.76 bits per heavy atom. The third-order valence-corrected chi connectivity index (χ3v) is 4.65. The zero-order chi connectivity index (χ0) is 12.9.